The predicted octanol–water partition coefficient (Wildman–Crippen LogP) is 2.04. The Morgan fingerprint density at radius 2 is 2.16 bits per heavy atom. The lowest BCUT2D eigenvalue weighted by Crippen LogP contribution is -2.23. The van der Waals surface area contributed by atoms with E-state index in [9.17, 15) is 4.79 Å². The Morgan fingerprint density at radius 1 is 1.32 bits per heavy atom. The van der Waals surface area contributed by atoms with Crippen LogP contribution in [0.4, 0.5) is 0 Å². The molecule has 1 aromatic carbocycles. The van der Waals surface area contributed by atoms with Crippen LogP contribution < -0.4 is 10.1 Å². The number of nitrogens with zero attached hydrogens (tertiary/aromatic N) is 4. The Labute approximate surface area is 144 Å². The molecule has 3 aromatic rings. The van der Waals surface area contributed by atoms with Crippen molar-refractivity contribution < 1.29 is 14.1 Å². The topological polar surface area (TPSA) is 95.1 Å². The first-order valence-electron chi connectivity index (χ1n) is 7.94. The summed E-state index contributed by atoms with van der Waals surface area (Å²) in [5.41, 5.74) is 0.797. The summed E-state index contributed by atoms with van der Waals surface area (Å²) in [4.78, 5) is 20.1. The predicted molar refractivity (Wildman–Crippen MR) is 89.6 cm³/mol. The molecular formula is C17H19N5O3. The van der Waals surface area contributed by atoms with E-state index in [1.807, 2.05) is 35.0 Å². The summed E-state index contributed by atoms with van der Waals surface area (Å²) in [6.07, 6.45) is 6.50. The number of amides is 1. The highest BCUT2D eigenvalue weighted by Gasteiger charge is 2.10. The maximum atomic E-state index is 11.9. The van der Waals surface area contributed by atoms with E-state index < -0.39 is 0 Å². The normalized spacial score (nSPS) is 10.6. The number of ether oxygens (including phenoxy) is 1. The van der Waals surface area contributed by atoms with E-state index in [4.69, 9.17) is 9.26 Å². The molecule has 0 spiro atoms. The highest BCUT2D eigenvalue weighted by molar-refractivity contribution is 5.75. The van der Waals surface area contributed by atoms with Crippen LogP contribution >= 0.6 is 0 Å². The summed E-state index contributed by atoms with van der Waals surface area (Å²) in [7, 11) is 1.61. The minimum absolute atomic E-state index is 0.0455. The van der Waals surface area contributed by atoms with Crippen LogP contribution in [0.3, 0.4) is 0 Å². The second kappa shape index (κ2) is 8.09. The van der Waals surface area contributed by atoms with Crippen LogP contribution in [-0.2, 0) is 17.9 Å². The van der Waals surface area contributed by atoms with Crippen molar-refractivity contribution >= 4 is 5.91 Å². The molecule has 0 aliphatic rings. The van der Waals surface area contributed by atoms with Gasteiger partial charge in [-0.2, -0.15) is 4.98 Å². The van der Waals surface area contributed by atoms with E-state index in [0.29, 0.717) is 18.1 Å². The molecule has 2 heterocycles. The Bertz CT molecular complexity index is 796. The Hall–Kier alpha value is -3.16. The quantitative estimate of drug-likeness (QED) is 0.674. The van der Waals surface area contributed by atoms with Crippen LogP contribution in [0.5, 0.6) is 5.75 Å². The second-order valence-corrected chi connectivity index (χ2v) is 5.43. The minimum Gasteiger partial charge on any atom is -0.497 e. The van der Waals surface area contributed by atoms with E-state index in [1.165, 1.54) is 0 Å². The van der Waals surface area contributed by atoms with E-state index in [-0.39, 0.29) is 12.5 Å². The van der Waals surface area contributed by atoms with E-state index in [2.05, 4.69) is 20.4 Å². The number of imidazole rings is 1. The number of aryl methyl sites for hydroxylation is 1. The van der Waals surface area contributed by atoms with Crippen LogP contribution in [0, 0.1) is 0 Å². The van der Waals surface area contributed by atoms with Gasteiger partial charge in [-0.05, 0) is 30.7 Å². The summed E-state index contributed by atoms with van der Waals surface area (Å²) in [5.74, 6) is 1.56. The zero-order valence-electron chi connectivity index (χ0n) is 13.9. The monoisotopic (exact) mass is 341 g/mol. The summed E-state index contributed by atoms with van der Waals surface area (Å²) >= 11 is 0. The van der Waals surface area contributed by atoms with Gasteiger partial charge in [0, 0.05) is 30.9 Å². The van der Waals surface area contributed by atoms with Gasteiger partial charge in [0.1, 0.15) is 5.75 Å². The van der Waals surface area contributed by atoms with Crippen molar-refractivity contribution in [1.29, 1.82) is 0 Å². The Kier molecular flexibility index (Phi) is 5.40. The van der Waals surface area contributed by atoms with E-state index in [1.54, 1.807) is 19.6 Å². The van der Waals surface area contributed by atoms with Crippen LogP contribution in [0.1, 0.15) is 18.7 Å². The molecule has 8 nitrogen and oxygen atoms in total. The molecule has 1 N–H and O–H groups in total. The van der Waals surface area contributed by atoms with Gasteiger partial charge in [0.25, 0.3) is 5.89 Å². The van der Waals surface area contributed by atoms with Crippen molar-refractivity contribution in [2.75, 3.05) is 7.11 Å². The number of benzene rings is 1. The van der Waals surface area contributed by atoms with Gasteiger partial charge in [0.15, 0.2) is 5.82 Å². The van der Waals surface area contributed by atoms with Crippen LogP contribution in [0.2, 0.25) is 0 Å². The van der Waals surface area contributed by atoms with Gasteiger partial charge in [-0.3, -0.25) is 4.79 Å². The SMILES string of the molecule is COc1ccc(-c2nc(CNC(=O)CCCn3ccnc3)no2)cc1. The molecule has 0 unspecified atom stereocenters. The van der Waals surface area contributed by atoms with Crippen molar-refractivity contribution in [2.45, 2.75) is 25.9 Å². The van der Waals surface area contributed by atoms with E-state index >= 15 is 0 Å². The molecule has 0 saturated carbocycles. The van der Waals surface area contributed by atoms with Crippen molar-refractivity contribution in [2.24, 2.45) is 0 Å². The molecule has 0 fully saturated rings. The first kappa shape index (κ1) is 16.7. The number of hydrogen-bond donors (Lipinski definition) is 1. The van der Waals surface area contributed by atoms with Crippen molar-refractivity contribution in [3.05, 3.63) is 48.8 Å². The first-order chi connectivity index (χ1) is 12.2. The van der Waals surface area contributed by atoms with Gasteiger partial charge in [-0.1, -0.05) is 5.16 Å². The van der Waals surface area contributed by atoms with Crippen LogP contribution in [0.15, 0.2) is 47.5 Å². The average Bonchev–Trinajstić information content (AvgIpc) is 3.32. The third-order valence-corrected chi connectivity index (χ3v) is 3.63. The zero-order chi connectivity index (χ0) is 17.5. The Balaban J connectivity index is 1.45. The van der Waals surface area contributed by atoms with Gasteiger partial charge in [-0.25, -0.2) is 4.98 Å². The second-order valence-electron chi connectivity index (χ2n) is 5.43. The number of hydrogen-bond acceptors (Lipinski definition) is 6. The standard InChI is InChI=1S/C17H19N5O3/c1-24-14-6-4-13(5-7-14)17-20-15(21-25-17)11-19-16(23)3-2-9-22-10-8-18-12-22/h4-8,10,12H,2-3,9,11H2,1H3,(H,19,23). The number of carbonyl (C=O) groups excluding carboxylic acids is 1. The highest BCUT2D eigenvalue weighted by Crippen LogP contribution is 2.20. The third-order valence-electron chi connectivity index (χ3n) is 3.63. The molecule has 2 aromatic heterocycles. The van der Waals surface area contributed by atoms with Gasteiger partial charge in [0.05, 0.1) is 20.0 Å². The lowest BCUT2D eigenvalue weighted by atomic mass is 10.2. The number of aromatic nitrogens is 4. The summed E-state index contributed by atoms with van der Waals surface area (Å²) < 4.78 is 12.3. The molecule has 8 heteroatoms. The molecule has 0 saturated heterocycles. The van der Waals surface area contributed by atoms with Gasteiger partial charge >= 0.3 is 0 Å². The molecule has 130 valence electrons. The van der Waals surface area contributed by atoms with E-state index in [0.717, 1.165) is 24.3 Å². The molecule has 0 aliphatic heterocycles. The van der Waals surface area contributed by atoms with Crippen molar-refractivity contribution in [3.63, 3.8) is 0 Å². The number of carbonyl (C=O) groups is 1. The van der Waals surface area contributed by atoms with Gasteiger partial charge in [-0.15, -0.1) is 0 Å². The van der Waals surface area contributed by atoms with Crippen molar-refractivity contribution in [1.82, 2.24) is 25.0 Å². The van der Waals surface area contributed by atoms with Crippen LogP contribution in [-0.4, -0.2) is 32.7 Å². The maximum Gasteiger partial charge on any atom is 0.257 e. The van der Waals surface area contributed by atoms with Gasteiger partial charge in [0.2, 0.25) is 5.91 Å². The minimum atomic E-state index is -0.0455. The van der Waals surface area contributed by atoms with Gasteiger partial charge < -0.3 is 19.1 Å². The fourth-order valence-corrected chi connectivity index (χ4v) is 2.28. The lowest BCUT2D eigenvalue weighted by Gasteiger charge is -2.03. The number of nitrogens with one attached hydrogen (secondary N) is 1. The highest BCUT2D eigenvalue weighted by atomic mass is 16.5. The molecule has 1 amide bonds. The van der Waals surface area contributed by atoms with Crippen molar-refractivity contribution in [3.8, 4) is 17.2 Å². The smallest absolute Gasteiger partial charge is 0.257 e. The largest absolute Gasteiger partial charge is 0.497 e. The average molecular weight is 341 g/mol. The molecular weight excluding hydrogens is 322 g/mol. The third kappa shape index (κ3) is 4.66. The lowest BCUT2D eigenvalue weighted by molar-refractivity contribution is -0.121. The molecule has 0 atom stereocenters. The molecule has 0 aliphatic carbocycles. The number of methoxy groups -OCH3 is 1. The molecule has 0 radical (unpaired) electrons. The Morgan fingerprint density at radius 3 is 2.88 bits per heavy atom. The molecule has 25 heavy (non-hydrogen) atoms. The first-order valence-corrected chi connectivity index (χ1v) is 7.94. The maximum absolute atomic E-state index is 11.9. The summed E-state index contributed by atoms with van der Waals surface area (Å²) in [6.45, 7) is 1.00. The number of rotatable bonds is 8. The fraction of sp³-hybridized carbons (Fsp3) is 0.294. The summed E-state index contributed by atoms with van der Waals surface area (Å²) in [6, 6.07) is 7.32. The van der Waals surface area contributed by atoms with Crippen LogP contribution in [0.25, 0.3) is 11.5 Å². The summed E-state index contributed by atoms with van der Waals surface area (Å²) in [5, 5.41) is 6.68. The zero-order valence-corrected chi connectivity index (χ0v) is 13.9. The molecule has 3 rings (SSSR count). The molecule has 0 bridgehead atoms. The fourth-order valence-electron chi connectivity index (χ4n) is 2.28.